The summed E-state index contributed by atoms with van der Waals surface area (Å²) in [5, 5.41) is 2.62. The van der Waals surface area contributed by atoms with Crippen LogP contribution >= 0.6 is 0 Å². The Morgan fingerprint density at radius 3 is 2.28 bits per heavy atom. The van der Waals surface area contributed by atoms with Crippen molar-refractivity contribution in [2.45, 2.75) is 40.2 Å². The highest BCUT2D eigenvalue weighted by Gasteiger charge is 2.16. The van der Waals surface area contributed by atoms with Crippen LogP contribution in [-0.4, -0.2) is 17.5 Å². The molecular formula is C14H19NO3. The molecule has 1 aromatic rings. The van der Waals surface area contributed by atoms with E-state index in [0.29, 0.717) is 11.3 Å². The topological polar surface area (TPSA) is 55.4 Å². The molecule has 4 nitrogen and oxygen atoms in total. The van der Waals surface area contributed by atoms with Crippen molar-refractivity contribution in [2.24, 2.45) is 0 Å². The van der Waals surface area contributed by atoms with Crippen molar-refractivity contribution in [3.8, 4) is 0 Å². The van der Waals surface area contributed by atoms with Gasteiger partial charge in [0.1, 0.15) is 5.60 Å². The summed E-state index contributed by atoms with van der Waals surface area (Å²) in [6.45, 7) is 8.75. The number of ketones is 1. The van der Waals surface area contributed by atoms with E-state index in [4.69, 9.17) is 4.74 Å². The van der Waals surface area contributed by atoms with Gasteiger partial charge in [-0.2, -0.15) is 0 Å². The van der Waals surface area contributed by atoms with Crippen LogP contribution in [0.25, 0.3) is 0 Å². The van der Waals surface area contributed by atoms with Crippen LogP contribution in [0.15, 0.2) is 18.2 Å². The molecule has 0 fully saturated rings. The van der Waals surface area contributed by atoms with E-state index in [0.717, 1.165) is 5.56 Å². The second-order valence-electron chi connectivity index (χ2n) is 5.27. The highest BCUT2D eigenvalue weighted by atomic mass is 16.6. The number of nitrogens with one attached hydrogen (secondary N) is 1. The molecule has 0 spiro atoms. The molecule has 1 N–H and O–H groups in total. The standard InChI is InChI=1S/C14H19NO3/c1-9-6-11(10(2)16)8-12(7-9)15-13(17)18-14(3,4)5/h6-8H,1-5H3,(H,15,17). The van der Waals surface area contributed by atoms with E-state index >= 15 is 0 Å². The summed E-state index contributed by atoms with van der Waals surface area (Å²) in [7, 11) is 0. The van der Waals surface area contributed by atoms with Crippen LogP contribution in [0.4, 0.5) is 10.5 Å². The van der Waals surface area contributed by atoms with Crippen LogP contribution in [0.5, 0.6) is 0 Å². The molecule has 0 aliphatic rings. The van der Waals surface area contributed by atoms with E-state index < -0.39 is 11.7 Å². The molecule has 0 heterocycles. The van der Waals surface area contributed by atoms with E-state index in [1.54, 1.807) is 39.0 Å². The van der Waals surface area contributed by atoms with Crippen molar-refractivity contribution in [3.05, 3.63) is 29.3 Å². The van der Waals surface area contributed by atoms with Crippen LogP contribution in [-0.2, 0) is 4.74 Å². The fraction of sp³-hybridized carbons (Fsp3) is 0.429. The van der Waals surface area contributed by atoms with Gasteiger partial charge in [0.25, 0.3) is 0 Å². The van der Waals surface area contributed by atoms with Gasteiger partial charge in [-0.25, -0.2) is 4.79 Å². The summed E-state index contributed by atoms with van der Waals surface area (Å²) in [5.74, 6) is -0.0362. The van der Waals surface area contributed by atoms with Crippen LogP contribution in [0.1, 0.15) is 43.6 Å². The summed E-state index contributed by atoms with van der Waals surface area (Å²) >= 11 is 0. The summed E-state index contributed by atoms with van der Waals surface area (Å²) in [5.41, 5.74) is 1.50. The van der Waals surface area contributed by atoms with Crippen molar-refractivity contribution in [1.29, 1.82) is 0 Å². The predicted octanol–water partition coefficient (Wildman–Crippen LogP) is 3.54. The zero-order valence-corrected chi connectivity index (χ0v) is 11.5. The SMILES string of the molecule is CC(=O)c1cc(C)cc(NC(=O)OC(C)(C)C)c1. The number of hydrogen-bond donors (Lipinski definition) is 1. The van der Waals surface area contributed by atoms with Crippen molar-refractivity contribution in [3.63, 3.8) is 0 Å². The maximum Gasteiger partial charge on any atom is 0.412 e. The van der Waals surface area contributed by atoms with Crippen LogP contribution in [0, 0.1) is 6.92 Å². The normalized spacial score (nSPS) is 10.9. The minimum Gasteiger partial charge on any atom is -0.444 e. The van der Waals surface area contributed by atoms with Crippen molar-refractivity contribution in [2.75, 3.05) is 5.32 Å². The summed E-state index contributed by atoms with van der Waals surface area (Å²) in [6, 6.07) is 5.21. The van der Waals surface area contributed by atoms with Gasteiger partial charge >= 0.3 is 6.09 Å². The highest BCUT2D eigenvalue weighted by molar-refractivity contribution is 5.96. The molecule has 0 aliphatic heterocycles. The number of carbonyl (C=O) groups excluding carboxylic acids is 2. The first-order chi connectivity index (χ1) is 8.17. The monoisotopic (exact) mass is 249 g/mol. The number of Topliss-reactive ketones (excluding diaryl/α,β-unsaturated/α-hetero) is 1. The van der Waals surface area contributed by atoms with Gasteiger partial charge in [-0.05, 0) is 58.4 Å². The molecule has 18 heavy (non-hydrogen) atoms. The quantitative estimate of drug-likeness (QED) is 0.815. The maximum atomic E-state index is 11.6. The highest BCUT2D eigenvalue weighted by Crippen LogP contribution is 2.16. The Hall–Kier alpha value is -1.84. The third-order valence-corrected chi connectivity index (χ3v) is 2.13. The summed E-state index contributed by atoms with van der Waals surface area (Å²) < 4.78 is 5.15. The van der Waals surface area contributed by atoms with Crippen molar-refractivity contribution in [1.82, 2.24) is 0 Å². The smallest absolute Gasteiger partial charge is 0.412 e. The zero-order chi connectivity index (χ0) is 13.9. The molecule has 1 aromatic carbocycles. The van der Waals surface area contributed by atoms with Gasteiger partial charge in [0, 0.05) is 11.3 Å². The molecule has 0 radical (unpaired) electrons. The molecule has 0 bridgehead atoms. The van der Waals surface area contributed by atoms with Gasteiger partial charge < -0.3 is 4.74 Å². The lowest BCUT2D eigenvalue weighted by Gasteiger charge is -2.19. The number of amides is 1. The molecular weight excluding hydrogens is 230 g/mol. The second-order valence-corrected chi connectivity index (χ2v) is 5.27. The molecule has 0 saturated carbocycles. The van der Waals surface area contributed by atoms with Crippen LogP contribution in [0.2, 0.25) is 0 Å². The van der Waals surface area contributed by atoms with Gasteiger partial charge in [-0.1, -0.05) is 0 Å². The molecule has 0 aliphatic carbocycles. The van der Waals surface area contributed by atoms with Crippen molar-refractivity contribution >= 4 is 17.6 Å². The molecule has 0 unspecified atom stereocenters. The fourth-order valence-corrected chi connectivity index (χ4v) is 1.48. The Kier molecular flexibility index (Phi) is 4.11. The second kappa shape index (κ2) is 5.21. The average molecular weight is 249 g/mol. The van der Waals surface area contributed by atoms with Gasteiger partial charge in [0.2, 0.25) is 0 Å². The summed E-state index contributed by atoms with van der Waals surface area (Å²) in [4.78, 5) is 22.9. The number of aryl methyl sites for hydroxylation is 1. The van der Waals surface area contributed by atoms with E-state index in [-0.39, 0.29) is 5.78 Å². The van der Waals surface area contributed by atoms with Crippen molar-refractivity contribution < 1.29 is 14.3 Å². The number of anilines is 1. The first-order valence-corrected chi connectivity index (χ1v) is 5.80. The summed E-state index contributed by atoms with van der Waals surface area (Å²) in [6.07, 6.45) is -0.525. The molecule has 1 rings (SSSR count). The molecule has 4 heteroatoms. The Balaban J connectivity index is 2.85. The van der Waals surface area contributed by atoms with Gasteiger partial charge in [-0.15, -0.1) is 0 Å². The maximum absolute atomic E-state index is 11.6. The molecule has 0 atom stereocenters. The lowest BCUT2D eigenvalue weighted by molar-refractivity contribution is 0.0635. The lowest BCUT2D eigenvalue weighted by Crippen LogP contribution is -2.27. The van der Waals surface area contributed by atoms with Gasteiger partial charge in [0.05, 0.1) is 0 Å². The number of rotatable bonds is 2. The first-order valence-electron chi connectivity index (χ1n) is 5.80. The van der Waals surface area contributed by atoms with Gasteiger partial charge in [-0.3, -0.25) is 10.1 Å². The largest absolute Gasteiger partial charge is 0.444 e. The number of ether oxygens (including phenoxy) is 1. The Morgan fingerprint density at radius 1 is 1.17 bits per heavy atom. The lowest BCUT2D eigenvalue weighted by atomic mass is 10.1. The zero-order valence-electron chi connectivity index (χ0n) is 11.5. The number of benzene rings is 1. The third kappa shape index (κ3) is 4.57. The van der Waals surface area contributed by atoms with E-state index in [1.165, 1.54) is 6.92 Å². The molecule has 0 aromatic heterocycles. The number of hydrogen-bond acceptors (Lipinski definition) is 3. The molecule has 0 saturated heterocycles. The molecule has 98 valence electrons. The van der Waals surface area contributed by atoms with Crippen LogP contribution in [0.3, 0.4) is 0 Å². The van der Waals surface area contributed by atoms with E-state index in [2.05, 4.69) is 5.32 Å². The first kappa shape index (κ1) is 14.2. The predicted molar refractivity (Wildman–Crippen MR) is 71.0 cm³/mol. The third-order valence-electron chi connectivity index (χ3n) is 2.13. The Labute approximate surface area is 107 Å². The fourth-order valence-electron chi connectivity index (χ4n) is 1.48. The van der Waals surface area contributed by atoms with Crippen LogP contribution < -0.4 is 5.32 Å². The minimum absolute atomic E-state index is 0.0362. The van der Waals surface area contributed by atoms with E-state index in [1.807, 2.05) is 6.92 Å². The number of carbonyl (C=O) groups is 2. The Morgan fingerprint density at radius 2 is 1.78 bits per heavy atom. The van der Waals surface area contributed by atoms with E-state index in [9.17, 15) is 9.59 Å². The minimum atomic E-state index is -0.544. The Bertz CT molecular complexity index is 472. The molecule has 1 amide bonds. The average Bonchev–Trinajstić information content (AvgIpc) is 2.12. The van der Waals surface area contributed by atoms with Gasteiger partial charge in [0.15, 0.2) is 5.78 Å².